The van der Waals surface area contributed by atoms with E-state index in [-0.39, 0.29) is 0 Å². The zero-order chi connectivity index (χ0) is 13.0. The summed E-state index contributed by atoms with van der Waals surface area (Å²) >= 11 is 4.20. The first kappa shape index (κ1) is 14.2. The van der Waals surface area contributed by atoms with Gasteiger partial charge in [-0.25, -0.2) is 4.21 Å². The molecule has 0 aliphatic rings. The van der Waals surface area contributed by atoms with Gasteiger partial charge in [-0.15, -0.1) is 0 Å². The third-order valence-electron chi connectivity index (χ3n) is 2.57. The Hall–Kier alpha value is -0.900. The Bertz CT molecular complexity index is 481. The third kappa shape index (κ3) is 3.53. The topological polar surface area (TPSA) is 37.3 Å². The highest BCUT2D eigenvalue weighted by Gasteiger charge is 2.06. The number of halogens is 1. The molecule has 0 saturated carbocycles. The molecule has 1 aromatic rings. The predicted octanol–water partition coefficient (Wildman–Crippen LogP) is 3.91. The van der Waals surface area contributed by atoms with Crippen molar-refractivity contribution in [2.75, 3.05) is 0 Å². The van der Waals surface area contributed by atoms with Gasteiger partial charge in [0.15, 0.2) is 11.1 Å². The standard InChI is InChI=1S/C13H15ClO2S/c1-4-12-10(3)11(7-8-13(12)14)6-5-9(2)17(15)16/h4-9H,1H2,2-3H3,(H,15,16)/b6-5-. The average molecular weight is 271 g/mol. The molecule has 2 unspecified atom stereocenters. The van der Waals surface area contributed by atoms with Crippen LogP contribution >= 0.6 is 11.6 Å². The zero-order valence-corrected chi connectivity index (χ0v) is 11.4. The van der Waals surface area contributed by atoms with E-state index >= 15 is 0 Å². The summed E-state index contributed by atoms with van der Waals surface area (Å²) in [7, 11) is 0. The molecular formula is C13H15ClO2S. The molecule has 0 aliphatic carbocycles. The van der Waals surface area contributed by atoms with Crippen molar-refractivity contribution in [1.29, 1.82) is 0 Å². The lowest BCUT2D eigenvalue weighted by atomic mass is 10.0. The molecule has 1 rings (SSSR count). The lowest BCUT2D eigenvalue weighted by Gasteiger charge is -2.07. The molecule has 0 fully saturated rings. The van der Waals surface area contributed by atoms with Crippen LogP contribution < -0.4 is 0 Å². The highest BCUT2D eigenvalue weighted by molar-refractivity contribution is 7.80. The van der Waals surface area contributed by atoms with Gasteiger partial charge in [0, 0.05) is 5.02 Å². The monoisotopic (exact) mass is 270 g/mol. The first-order valence-electron chi connectivity index (χ1n) is 5.16. The first-order chi connectivity index (χ1) is 7.97. The Morgan fingerprint density at radius 3 is 2.71 bits per heavy atom. The molecule has 0 aromatic heterocycles. The van der Waals surface area contributed by atoms with Crippen LogP contribution in [-0.2, 0) is 11.1 Å². The molecule has 0 bridgehead atoms. The van der Waals surface area contributed by atoms with E-state index in [9.17, 15) is 4.21 Å². The first-order valence-corrected chi connectivity index (χ1v) is 6.71. The lowest BCUT2D eigenvalue weighted by molar-refractivity contribution is 0.559. The highest BCUT2D eigenvalue weighted by atomic mass is 35.5. The smallest absolute Gasteiger partial charge is 0.159 e. The van der Waals surface area contributed by atoms with Gasteiger partial charge in [-0.3, -0.25) is 0 Å². The molecule has 0 saturated heterocycles. The molecule has 4 heteroatoms. The third-order valence-corrected chi connectivity index (χ3v) is 3.70. The normalized spacial score (nSPS) is 14.8. The summed E-state index contributed by atoms with van der Waals surface area (Å²) in [6.45, 7) is 7.35. The molecule has 0 spiro atoms. The van der Waals surface area contributed by atoms with Crippen LogP contribution in [0.25, 0.3) is 12.2 Å². The minimum atomic E-state index is -1.84. The second-order valence-corrected chi connectivity index (χ2v) is 5.42. The number of benzene rings is 1. The minimum Gasteiger partial charge on any atom is -0.306 e. The Morgan fingerprint density at radius 2 is 2.18 bits per heavy atom. The summed E-state index contributed by atoms with van der Waals surface area (Å²) in [5.41, 5.74) is 2.88. The largest absolute Gasteiger partial charge is 0.306 e. The van der Waals surface area contributed by atoms with Crippen molar-refractivity contribution < 1.29 is 8.76 Å². The Balaban J connectivity index is 3.08. The van der Waals surface area contributed by atoms with E-state index in [1.54, 1.807) is 25.1 Å². The molecule has 17 heavy (non-hydrogen) atoms. The van der Waals surface area contributed by atoms with E-state index in [0.717, 1.165) is 16.7 Å². The Morgan fingerprint density at radius 1 is 1.53 bits per heavy atom. The van der Waals surface area contributed by atoms with Gasteiger partial charge < -0.3 is 4.55 Å². The quantitative estimate of drug-likeness (QED) is 0.842. The van der Waals surface area contributed by atoms with Crippen LogP contribution in [0.4, 0.5) is 0 Å². The maximum atomic E-state index is 10.8. The molecule has 0 amide bonds. The van der Waals surface area contributed by atoms with Crippen molar-refractivity contribution in [2.24, 2.45) is 0 Å². The van der Waals surface area contributed by atoms with Gasteiger partial charge in [0.2, 0.25) is 0 Å². The van der Waals surface area contributed by atoms with Gasteiger partial charge in [-0.2, -0.15) is 0 Å². The Kier molecular flexibility index (Phi) is 5.12. The molecule has 0 radical (unpaired) electrons. The van der Waals surface area contributed by atoms with E-state index in [1.165, 1.54) is 0 Å². The molecular weight excluding hydrogens is 256 g/mol. The fourth-order valence-corrected chi connectivity index (χ4v) is 1.94. The van der Waals surface area contributed by atoms with Crippen LogP contribution in [0.15, 0.2) is 24.8 Å². The molecule has 0 aliphatic heterocycles. The van der Waals surface area contributed by atoms with Crippen LogP contribution in [-0.4, -0.2) is 14.0 Å². The van der Waals surface area contributed by atoms with E-state index in [1.807, 2.05) is 19.1 Å². The average Bonchev–Trinajstić information content (AvgIpc) is 2.28. The molecule has 2 nitrogen and oxygen atoms in total. The van der Waals surface area contributed by atoms with Gasteiger partial charge in [-0.05, 0) is 36.6 Å². The van der Waals surface area contributed by atoms with Crippen molar-refractivity contribution >= 4 is 34.8 Å². The van der Waals surface area contributed by atoms with Crippen molar-refractivity contribution in [1.82, 2.24) is 0 Å². The number of hydrogen-bond acceptors (Lipinski definition) is 1. The van der Waals surface area contributed by atoms with Crippen molar-refractivity contribution in [3.63, 3.8) is 0 Å². The van der Waals surface area contributed by atoms with Crippen molar-refractivity contribution in [3.05, 3.63) is 46.5 Å². The summed E-state index contributed by atoms with van der Waals surface area (Å²) < 4.78 is 19.7. The SMILES string of the molecule is C=Cc1c(Cl)ccc(/C=C\C(C)S(=O)O)c1C. The van der Waals surface area contributed by atoms with E-state index < -0.39 is 16.3 Å². The lowest BCUT2D eigenvalue weighted by Crippen LogP contribution is -2.04. The van der Waals surface area contributed by atoms with E-state index in [2.05, 4.69) is 6.58 Å². The number of hydrogen-bond donors (Lipinski definition) is 1. The molecule has 1 N–H and O–H groups in total. The van der Waals surface area contributed by atoms with Crippen molar-refractivity contribution in [3.8, 4) is 0 Å². The van der Waals surface area contributed by atoms with Crippen LogP contribution in [0.3, 0.4) is 0 Å². The summed E-state index contributed by atoms with van der Waals surface area (Å²) in [6, 6.07) is 3.68. The van der Waals surface area contributed by atoms with Crippen LogP contribution in [0, 0.1) is 6.92 Å². The maximum absolute atomic E-state index is 10.8. The highest BCUT2D eigenvalue weighted by Crippen LogP contribution is 2.25. The maximum Gasteiger partial charge on any atom is 0.159 e. The summed E-state index contributed by atoms with van der Waals surface area (Å²) in [5.74, 6) is 0. The molecule has 92 valence electrons. The van der Waals surface area contributed by atoms with Gasteiger partial charge in [-0.1, -0.05) is 42.5 Å². The predicted molar refractivity (Wildman–Crippen MR) is 75.5 cm³/mol. The van der Waals surface area contributed by atoms with Crippen LogP contribution in [0.1, 0.15) is 23.6 Å². The second-order valence-electron chi connectivity index (χ2n) is 3.72. The fraction of sp³-hybridized carbons (Fsp3) is 0.231. The summed E-state index contributed by atoms with van der Waals surface area (Å²) in [5, 5.41) is 0.269. The van der Waals surface area contributed by atoms with Gasteiger partial charge in [0.1, 0.15) is 0 Å². The summed E-state index contributed by atoms with van der Waals surface area (Å²) in [6.07, 6.45) is 5.25. The van der Waals surface area contributed by atoms with Gasteiger partial charge >= 0.3 is 0 Å². The van der Waals surface area contributed by atoms with Crippen molar-refractivity contribution in [2.45, 2.75) is 19.1 Å². The number of rotatable bonds is 4. The van der Waals surface area contributed by atoms with Crippen LogP contribution in [0.5, 0.6) is 0 Å². The second kappa shape index (κ2) is 6.15. The Labute approximate surface area is 109 Å². The molecule has 1 aromatic carbocycles. The van der Waals surface area contributed by atoms with Crippen LogP contribution in [0.2, 0.25) is 5.02 Å². The van der Waals surface area contributed by atoms with E-state index in [0.29, 0.717) is 5.02 Å². The van der Waals surface area contributed by atoms with Gasteiger partial charge in [0.25, 0.3) is 0 Å². The summed E-state index contributed by atoms with van der Waals surface area (Å²) in [4.78, 5) is 0. The fourth-order valence-electron chi connectivity index (χ4n) is 1.45. The minimum absolute atomic E-state index is 0.391. The molecule has 2 atom stereocenters. The van der Waals surface area contributed by atoms with Gasteiger partial charge in [0.05, 0.1) is 5.25 Å². The molecule has 0 heterocycles. The van der Waals surface area contributed by atoms with E-state index in [4.69, 9.17) is 16.2 Å². The zero-order valence-electron chi connectivity index (χ0n) is 9.81.